The summed E-state index contributed by atoms with van der Waals surface area (Å²) in [5.74, 6) is -0.281. The fraction of sp³-hybridized carbons (Fsp3) is 0.333. The summed E-state index contributed by atoms with van der Waals surface area (Å²) < 4.78 is 14.1. The number of rotatable bonds is 5. The molecule has 1 aromatic heterocycles. The summed E-state index contributed by atoms with van der Waals surface area (Å²) in [5.41, 5.74) is 1.14. The van der Waals surface area contributed by atoms with Gasteiger partial charge in [-0.1, -0.05) is 18.2 Å². The molecule has 0 atom stereocenters. The highest BCUT2D eigenvalue weighted by Gasteiger charge is 2.19. The van der Waals surface area contributed by atoms with Crippen molar-refractivity contribution in [2.75, 3.05) is 4.90 Å². The first-order valence-corrected chi connectivity index (χ1v) is 7.18. The zero-order chi connectivity index (χ0) is 13.8. The van der Waals surface area contributed by atoms with E-state index in [0.29, 0.717) is 17.8 Å². The highest BCUT2D eigenvalue weighted by Crippen LogP contribution is 2.29. The van der Waals surface area contributed by atoms with Crippen LogP contribution in [0.1, 0.15) is 24.3 Å². The Morgan fingerprint density at radius 1 is 1.26 bits per heavy atom. The van der Waals surface area contributed by atoms with Crippen molar-refractivity contribution in [3.8, 4) is 0 Å². The van der Waals surface area contributed by atoms with Gasteiger partial charge in [0, 0.05) is 16.5 Å². The average Bonchev–Trinajstić information content (AvgIpc) is 2.89. The van der Waals surface area contributed by atoms with Crippen LogP contribution in [-0.2, 0) is 13.2 Å². The third kappa shape index (κ3) is 3.14. The molecule has 0 spiro atoms. The molecule has 2 nitrogen and oxygen atoms in total. The van der Waals surface area contributed by atoms with Crippen molar-refractivity contribution in [2.45, 2.75) is 33.0 Å². The predicted octanol–water partition coefficient (Wildman–Crippen LogP) is 3.79. The highest BCUT2D eigenvalue weighted by atomic mass is 32.1. The summed E-state index contributed by atoms with van der Waals surface area (Å²) in [4.78, 5) is 3.17. The van der Waals surface area contributed by atoms with Gasteiger partial charge in [0.05, 0.1) is 18.8 Å². The number of aliphatic hydroxyl groups is 1. The molecule has 0 unspecified atom stereocenters. The summed E-state index contributed by atoms with van der Waals surface area (Å²) in [6, 6.07) is 9.03. The standard InChI is InChI=1S/C15H18FNOS/c1-11(2)17(9-13-6-4-8-19-13)15-12(10-18)5-3-7-14(15)16/h3-8,11,18H,9-10H2,1-2H3. The van der Waals surface area contributed by atoms with Crippen LogP contribution < -0.4 is 4.90 Å². The first-order chi connectivity index (χ1) is 9.13. The maximum Gasteiger partial charge on any atom is 0.146 e. The normalized spacial score (nSPS) is 11.0. The summed E-state index contributed by atoms with van der Waals surface area (Å²) in [5, 5.41) is 11.4. The zero-order valence-electron chi connectivity index (χ0n) is 11.1. The van der Waals surface area contributed by atoms with Crippen molar-refractivity contribution < 1.29 is 9.50 Å². The van der Waals surface area contributed by atoms with Crippen molar-refractivity contribution in [2.24, 2.45) is 0 Å². The van der Waals surface area contributed by atoms with Gasteiger partial charge in [-0.2, -0.15) is 0 Å². The van der Waals surface area contributed by atoms with Crippen LogP contribution in [0, 0.1) is 5.82 Å². The number of benzene rings is 1. The van der Waals surface area contributed by atoms with Gasteiger partial charge in [0.25, 0.3) is 0 Å². The van der Waals surface area contributed by atoms with Gasteiger partial charge in [-0.25, -0.2) is 4.39 Å². The number of halogens is 1. The Hall–Kier alpha value is -1.39. The van der Waals surface area contributed by atoms with Crippen LogP contribution in [0.25, 0.3) is 0 Å². The van der Waals surface area contributed by atoms with E-state index in [1.165, 1.54) is 10.9 Å². The fourth-order valence-electron chi connectivity index (χ4n) is 2.10. The van der Waals surface area contributed by atoms with Crippen LogP contribution in [-0.4, -0.2) is 11.1 Å². The van der Waals surface area contributed by atoms with Crippen molar-refractivity contribution in [1.29, 1.82) is 0 Å². The van der Waals surface area contributed by atoms with E-state index in [9.17, 15) is 9.50 Å². The molecule has 19 heavy (non-hydrogen) atoms. The Bertz CT molecular complexity index is 525. The minimum atomic E-state index is -0.281. The average molecular weight is 279 g/mol. The first kappa shape index (κ1) is 14.0. The Labute approximate surface area is 117 Å². The molecule has 102 valence electrons. The SMILES string of the molecule is CC(C)N(Cc1cccs1)c1c(F)cccc1CO. The van der Waals surface area contributed by atoms with Gasteiger partial charge in [-0.3, -0.25) is 0 Å². The second-order valence-electron chi connectivity index (χ2n) is 4.71. The van der Waals surface area contributed by atoms with Crippen LogP contribution in [0.15, 0.2) is 35.7 Å². The van der Waals surface area contributed by atoms with E-state index in [1.54, 1.807) is 23.5 Å². The van der Waals surface area contributed by atoms with Gasteiger partial charge in [0.15, 0.2) is 0 Å². The molecule has 1 N–H and O–H groups in total. The van der Waals surface area contributed by atoms with E-state index in [0.717, 1.165) is 0 Å². The largest absolute Gasteiger partial charge is 0.392 e. The molecular weight excluding hydrogens is 261 g/mol. The van der Waals surface area contributed by atoms with E-state index < -0.39 is 0 Å². The summed E-state index contributed by atoms with van der Waals surface area (Å²) in [6.45, 7) is 4.56. The Morgan fingerprint density at radius 3 is 2.63 bits per heavy atom. The second kappa shape index (κ2) is 6.17. The summed E-state index contributed by atoms with van der Waals surface area (Å²) >= 11 is 1.66. The fourth-order valence-corrected chi connectivity index (χ4v) is 2.80. The van der Waals surface area contributed by atoms with Crippen LogP contribution in [0.4, 0.5) is 10.1 Å². The minimum Gasteiger partial charge on any atom is -0.392 e. The maximum absolute atomic E-state index is 14.1. The molecule has 1 aromatic carbocycles. The van der Waals surface area contributed by atoms with Crippen LogP contribution in [0.5, 0.6) is 0 Å². The third-order valence-corrected chi connectivity index (χ3v) is 3.92. The van der Waals surface area contributed by atoms with E-state index in [-0.39, 0.29) is 18.5 Å². The van der Waals surface area contributed by atoms with E-state index >= 15 is 0 Å². The smallest absolute Gasteiger partial charge is 0.146 e. The van der Waals surface area contributed by atoms with Gasteiger partial charge < -0.3 is 10.0 Å². The second-order valence-corrected chi connectivity index (χ2v) is 5.74. The van der Waals surface area contributed by atoms with Gasteiger partial charge in [-0.15, -0.1) is 11.3 Å². The lowest BCUT2D eigenvalue weighted by Crippen LogP contribution is -2.31. The van der Waals surface area contributed by atoms with Crippen molar-refractivity contribution in [1.82, 2.24) is 0 Å². The molecule has 0 radical (unpaired) electrons. The molecular formula is C15H18FNOS. The molecule has 0 aliphatic heterocycles. The Balaban J connectivity index is 2.39. The van der Waals surface area contributed by atoms with Gasteiger partial charge in [0.2, 0.25) is 0 Å². The molecule has 0 aliphatic carbocycles. The van der Waals surface area contributed by atoms with E-state index in [2.05, 4.69) is 0 Å². The molecule has 0 amide bonds. The third-order valence-electron chi connectivity index (χ3n) is 3.06. The molecule has 1 heterocycles. The summed E-state index contributed by atoms with van der Waals surface area (Å²) in [6.07, 6.45) is 0. The van der Waals surface area contributed by atoms with Crippen LogP contribution in [0.2, 0.25) is 0 Å². The number of nitrogens with zero attached hydrogens (tertiary/aromatic N) is 1. The molecule has 0 aliphatic rings. The number of hydrogen-bond acceptors (Lipinski definition) is 3. The number of aliphatic hydroxyl groups excluding tert-OH is 1. The van der Waals surface area contributed by atoms with E-state index in [4.69, 9.17) is 0 Å². The van der Waals surface area contributed by atoms with Crippen LogP contribution in [0.3, 0.4) is 0 Å². The zero-order valence-corrected chi connectivity index (χ0v) is 12.0. The number of hydrogen-bond donors (Lipinski definition) is 1. The van der Waals surface area contributed by atoms with Crippen LogP contribution >= 0.6 is 11.3 Å². The molecule has 0 bridgehead atoms. The van der Waals surface area contributed by atoms with Crippen molar-refractivity contribution >= 4 is 17.0 Å². The van der Waals surface area contributed by atoms with E-state index in [1.807, 2.05) is 36.3 Å². The molecule has 4 heteroatoms. The molecule has 0 saturated heterocycles. The predicted molar refractivity (Wildman–Crippen MR) is 78.0 cm³/mol. The molecule has 2 aromatic rings. The number of para-hydroxylation sites is 1. The lowest BCUT2D eigenvalue weighted by molar-refractivity contribution is 0.281. The summed E-state index contributed by atoms with van der Waals surface area (Å²) in [7, 11) is 0. The first-order valence-electron chi connectivity index (χ1n) is 6.30. The van der Waals surface area contributed by atoms with Gasteiger partial charge >= 0.3 is 0 Å². The quantitative estimate of drug-likeness (QED) is 0.900. The Kier molecular flexibility index (Phi) is 4.56. The van der Waals surface area contributed by atoms with Gasteiger partial charge in [-0.05, 0) is 31.4 Å². The number of thiophene rings is 1. The monoisotopic (exact) mass is 279 g/mol. The molecule has 0 fully saturated rings. The maximum atomic E-state index is 14.1. The minimum absolute atomic E-state index is 0.152. The molecule has 2 rings (SSSR count). The van der Waals surface area contributed by atoms with Gasteiger partial charge in [0.1, 0.15) is 5.82 Å². The lowest BCUT2D eigenvalue weighted by Gasteiger charge is -2.30. The topological polar surface area (TPSA) is 23.5 Å². The number of anilines is 1. The lowest BCUT2D eigenvalue weighted by atomic mass is 10.1. The molecule has 0 saturated carbocycles. The highest BCUT2D eigenvalue weighted by molar-refractivity contribution is 7.09. The Morgan fingerprint density at radius 2 is 2.05 bits per heavy atom. The van der Waals surface area contributed by atoms with Crippen molar-refractivity contribution in [3.05, 3.63) is 52.0 Å². The van der Waals surface area contributed by atoms with Crippen molar-refractivity contribution in [3.63, 3.8) is 0 Å².